The first-order chi connectivity index (χ1) is 25.7. The fraction of sp³-hybridized carbons (Fsp3) is 0.0784. The van der Waals surface area contributed by atoms with Gasteiger partial charge in [-0.05, 0) is 0 Å². The van der Waals surface area contributed by atoms with E-state index in [1.807, 2.05) is 0 Å². The Labute approximate surface area is 339 Å². The van der Waals surface area contributed by atoms with Gasteiger partial charge in [0.2, 0.25) is 0 Å². The second kappa shape index (κ2) is 16.4. The molecular weight excluding hydrogens is 775 g/mol. The number of fused-ring (bicyclic) bond motifs is 3. The minimum Gasteiger partial charge on any atom is -1.00 e. The predicted octanol–water partition coefficient (Wildman–Crippen LogP) is 6.56. The van der Waals surface area contributed by atoms with Gasteiger partial charge in [-0.25, -0.2) is 0 Å². The fourth-order valence-corrected chi connectivity index (χ4v) is 18.2. The Morgan fingerprint density at radius 2 is 0.889 bits per heavy atom. The summed E-state index contributed by atoms with van der Waals surface area (Å²) >= 11 is -3.17. The Balaban J connectivity index is 0.00000225. The maximum absolute atomic E-state index is 3.17. The van der Waals surface area contributed by atoms with Crippen molar-refractivity contribution < 1.29 is 46.1 Å². The predicted molar refractivity (Wildman–Crippen MR) is 216 cm³/mol. The molecule has 0 radical (unpaired) electrons. The molecule has 3 heteroatoms. The summed E-state index contributed by atoms with van der Waals surface area (Å²) in [5, 5.41) is 0. The summed E-state index contributed by atoms with van der Waals surface area (Å²) in [5.74, 6) is 0.123. The Bertz CT molecular complexity index is 2410. The summed E-state index contributed by atoms with van der Waals surface area (Å²) in [4.78, 5) is 0. The third-order valence-corrected chi connectivity index (χ3v) is 19.1. The molecule has 0 heterocycles. The SMILES string of the molecule is Cc1ccc2c(c1)[CH]([Zr+2]([C]1=CC(c3ccccc3)=C(c3ccccc3)C1c1ccccc1)=[C](c1ccccc1)c1ccccc1)c1cc(C)ccc1-2.[Cl-].[Cl-]. The molecule has 0 nitrogen and oxygen atoms in total. The van der Waals surface area contributed by atoms with E-state index in [4.69, 9.17) is 0 Å². The van der Waals surface area contributed by atoms with Gasteiger partial charge in [0.15, 0.2) is 0 Å². The molecular formula is C51H40Cl2Zr. The molecule has 0 aliphatic heterocycles. The summed E-state index contributed by atoms with van der Waals surface area (Å²) in [5.41, 5.74) is 17.9. The third-order valence-electron chi connectivity index (χ3n) is 10.8. The van der Waals surface area contributed by atoms with Gasteiger partial charge in [0.25, 0.3) is 0 Å². The van der Waals surface area contributed by atoms with Crippen LogP contribution in [-0.2, 0) is 21.3 Å². The monoisotopic (exact) mass is 812 g/mol. The molecule has 0 aromatic heterocycles. The number of aryl methyl sites for hydroxylation is 2. The van der Waals surface area contributed by atoms with Crippen molar-refractivity contribution >= 4 is 14.4 Å². The van der Waals surface area contributed by atoms with Gasteiger partial charge in [-0.1, -0.05) is 0 Å². The Hall–Kier alpha value is -4.65. The van der Waals surface area contributed by atoms with E-state index < -0.39 is 21.3 Å². The standard InChI is InChI=1S/C23H17.C15H13.C13H10.2ClH.Zr/c1-4-10-18(11-5-1)21-16-17-22(19-12-6-2-7-13-19)23(21)20-14-8-3-9-15-20;1-10-3-5-14-12(7-10)9-13-8-11(2)4-6-15(13)14;1-3-7-12(8-4-1)11-13-9-5-2-6-10-13;;;/h1-16,22H;3-9H,1-2H3;1-10H;2*1H;/q;;;;;+2/p-2. The van der Waals surface area contributed by atoms with E-state index in [2.05, 4.69) is 208 Å². The average Bonchev–Trinajstić information content (AvgIpc) is 3.74. The van der Waals surface area contributed by atoms with Gasteiger partial charge in [-0.2, -0.15) is 0 Å². The molecule has 262 valence electrons. The first kappa shape index (κ1) is 37.7. The van der Waals surface area contributed by atoms with Crippen LogP contribution in [-0.4, -0.2) is 3.21 Å². The molecule has 0 saturated heterocycles. The molecule has 1 atom stereocenters. The minimum atomic E-state index is -3.17. The molecule has 2 aliphatic rings. The van der Waals surface area contributed by atoms with Crippen LogP contribution in [0.5, 0.6) is 0 Å². The summed E-state index contributed by atoms with van der Waals surface area (Å²) in [6, 6.07) is 70.7. The topological polar surface area (TPSA) is 0 Å². The number of allylic oxidation sites excluding steroid dienone is 4. The van der Waals surface area contributed by atoms with E-state index in [1.54, 1.807) is 6.49 Å². The quantitative estimate of drug-likeness (QED) is 0.171. The zero-order chi connectivity index (χ0) is 35.0. The van der Waals surface area contributed by atoms with Gasteiger partial charge in [0, 0.05) is 0 Å². The first-order valence-electron chi connectivity index (χ1n) is 18.3. The smallest absolute Gasteiger partial charge is 1.00 e. The van der Waals surface area contributed by atoms with Crippen molar-refractivity contribution in [3.8, 4) is 11.1 Å². The Morgan fingerprint density at radius 1 is 0.463 bits per heavy atom. The van der Waals surface area contributed by atoms with Crippen LogP contribution in [0.25, 0.3) is 22.3 Å². The van der Waals surface area contributed by atoms with Crippen LogP contribution >= 0.6 is 0 Å². The summed E-state index contributed by atoms with van der Waals surface area (Å²) in [7, 11) is 0. The average molecular weight is 815 g/mol. The van der Waals surface area contributed by atoms with Gasteiger partial charge < -0.3 is 24.8 Å². The molecule has 54 heavy (non-hydrogen) atoms. The molecule has 0 fully saturated rings. The molecule has 0 spiro atoms. The van der Waals surface area contributed by atoms with Crippen LogP contribution in [0.4, 0.5) is 0 Å². The molecule has 7 aromatic carbocycles. The van der Waals surface area contributed by atoms with E-state index >= 15 is 0 Å². The third kappa shape index (κ3) is 6.91. The molecule has 0 amide bonds. The second-order valence-electron chi connectivity index (χ2n) is 14.1. The van der Waals surface area contributed by atoms with Crippen molar-refractivity contribution in [3.05, 3.63) is 247 Å². The van der Waals surface area contributed by atoms with Crippen molar-refractivity contribution in [3.63, 3.8) is 0 Å². The van der Waals surface area contributed by atoms with E-state index in [-0.39, 0.29) is 30.7 Å². The zero-order valence-corrected chi connectivity index (χ0v) is 34.4. The summed E-state index contributed by atoms with van der Waals surface area (Å²) < 4.78 is 3.48. The maximum atomic E-state index is 2.67. The largest absolute Gasteiger partial charge is 1.00 e. The normalized spacial score (nSPS) is 14.2. The van der Waals surface area contributed by atoms with Gasteiger partial charge >= 0.3 is 318 Å². The van der Waals surface area contributed by atoms with Crippen LogP contribution in [0.2, 0.25) is 0 Å². The van der Waals surface area contributed by atoms with Crippen LogP contribution in [0.1, 0.15) is 59.6 Å². The molecule has 9 rings (SSSR count). The number of rotatable bonds is 7. The number of hydrogen-bond acceptors (Lipinski definition) is 0. The number of halogens is 2. The van der Waals surface area contributed by atoms with Crippen molar-refractivity contribution in [2.24, 2.45) is 0 Å². The second-order valence-corrected chi connectivity index (χ2v) is 20.2. The molecule has 7 aromatic rings. The van der Waals surface area contributed by atoms with Crippen molar-refractivity contribution in [2.45, 2.75) is 23.4 Å². The zero-order valence-electron chi connectivity index (χ0n) is 30.4. The summed E-state index contributed by atoms with van der Waals surface area (Å²) in [6.07, 6.45) is 2.67. The molecule has 0 saturated carbocycles. The first-order valence-corrected chi connectivity index (χ1v) is 22.2. The number of benzene rings is 7. The van der Waals surface area contributed by atoms with Gasteiger partial charge in [0.1, 0.15) is 0 Å². The van der Waals surface area contributed by atoms with Crippen LogP contribution in [0.3, 0.4) is 0 Å². The Morgan fingerprint density at radius 3 is 1.37 bits per heavy atom. The van der Waals surface area contributed by atoms with Gasteiger partial charge in [0.05, 0.1) is 0 Å². The molecule has 0 bridgehead atoms. The van der Waals surface area contributed by atoms with E-state index in [1.165, 1.54) is 72.3 Å². The van der Waals surface area contributed by atoms with E-state index in [9.17, 15) is 0 Å². The molecule has 1 unspecified atom stereocenters. The maximum Gasteiger partial charge on any atom is -1.00 e. The van der Waals surface area contributed by atoms with Crippen molar-refractivity contribution in [2.75, 3.05) is 0 Å². The van der Waals surface area contributed by atoms with Crippen LogP contribution in [0, 0.1) is 13.8 Å². The molecule has 2 aliphatic carbocycles. The minimum absolute atomic E-state index is 0. The van der Waals surface area contributed by atoms with Crippen LogP contribution < -0.4 is 24.8 Å². The van der Waals surface area contributed by atoms with Crippen molar-refractivity contribution in [1.82, 2.24) is 0 Å². The van der Waals surface area contributed by atoms with Gasteiger partial charge in [-0.15, -0.1) is 0 Å². The van der Waals surface area contributed by atoms with Crippen molar-refractivity contribution in [1.29, 1.82) is 0 Å². The van der Waals surface area contributed by atoms with Gasteiger partial charge in [-0.3, -0.25) is 0 Å². The summed E-state index contributed by atoms with van der Waals surface area (Å²) in [6.45, 7) is 4.52. The fourth-order valence-electron chi connectivity index (χ4n) is 8.60. The van der Waals surface area contributed by atoms with E-state index in [0.717, 1.165) is 0 Å². The molecule has 0 N–H and O–H groups in total. The van der Waals surface area contributed by atoms with Crippen LogP contribution in [0.15, 0.2) is 197 Å². The Kier molecular flexibility index (Phi) is 11.4. The van der Waals surface area contributed by atoms with E-state index in [0.29, 0.717) is 3.63 Å². The number of hydrogen-bond donors (Lipinski definition) is 0.